The smallest absolute Gasteiger partial charge is 0.255 e. The topological polar surface area (TPSA) is 80.1 Å². The van der Waals surface area contributed by atoms with E-state index in [1.165, 1.54) is 10.9 Å². The van der Waals surface area contributed by atoms with E-state index in [2.05, 4.69) is 50.6 Å². The predicted molar refractivity (Wildman–Crippen MR) is 103 cm³/mol. The van der Waals surface area contributed by atoms with Crippen molar-refractivity contribution < 1.29 is 9.53 Å². The number of primary amides is 1. The lowest BCUT2D eigenvalue weighted by Gasteiger charge is -2.12. The molecule has 0 aliphatic rings. The van der Waals surface area contributed by atoms with Gasteiger partial charge >= 0.3 is 0 Å². The lowest BCUT2D eigenvalue weighted by Crippen LogP contribution is -2.21. The molecule has 130 valence electrons. The van der Waals surface area contributed by atoms with E-state index in [0.717, 1.165) is 28.5 Å². The first-order chi connectivity index (χ1) is 12.1. The predicted octanol–water partition coefficient (Wildman–Crippen LogP) is 3.13. The van der Waals surface area contributed by atoms with Gasteiger partial charge in [-0.05, 0) is 42.8 Å². The number of hydrogen-bond acceptors (Lipinski definition) is 3. The molecule has 4 N–H and O–H groups in total. The summed E-state index contributed by atoms with van der Waals surface area (Å²) in [6, 6.07) is 14.0. The molecule has 3 aromatic rings. The first-order valence-electron chi connectivity index (χ1n) is 8.09. The molecule has 0 saturated heterocycles. The average Bonchev–Trinajstić information content (AvgIpc) is 3.01. The summed E-state index contributed by atoms with van der Waals surface area (Å²) in [7, 11) is 0. The third-order valence-electron chi connectivity index (χ3n) is 3.95. The highest BCUT2D eigenvalue weighted by Crippen LogP contribution is 2.23. The maximum Gasteiger partial charge on any atom is 0.255 e. The van der Waals surface area contributed by atoms with Crippen LogP contribution in [0.1, 0.15) is 11.1 Å². The molecule has 0 radical (unpaired) electrons. The summed E-state index contributed by atoms with van der Waals surface area (Å²) in [5, 5.41) is 4.69. The molecule has 5 nitrogen and oxygen atoms in total. The summed E-state index contributed by atoms with van der Waals surface area (Å²) in [5.74, 6) is 0.183. The van der Waals surface area contributed by atoms with E-state index in [1.54, 1.807) is 0 Å². The molecule has 0 saturated carbocycles. The van der Waals surface area contributed by atoms with Crippen LogP contribution in [0.25, 0.3) is 10.9 Å². The molecular weight excluding hydrogens is 382 g/mol. The van der Waals surface area contributed by atoms with Crippen molar-refractivity contribution in [3.8, 4) is 5.75 Å². The number of nitrogens with two attached hydrogens (primary N) is 1. The summed E-state index contributed by atoms with van der Waals surface area (Å²) < 4.78 is 6.44. The molecule has 0 bridgehead atoms. The van der Waals surface area contributed by atoms with E-state index in [9.17, 15) is 4.79 Å². The van der Waals surface area contributed by atoms with Gasteiger partial charge in [-0.2, -0.15) is 0 Å². The second kappa shape index (κ2) is 8.18. The second-order valence-corrected chi connectivity index (χ2v) is 6.71. The first-order valence-corrected chi connectivity index (χ1v) is 8.88. The molecule has 1 aromatic heterocycles. The Kier molecular flexibility index (Phi) is 5.73. The van der Waals surface area contributed by atoms with Crippen LogP contribution in [0.4, 0.5) is 0 Å². The molecule has 0 unspecified atom stereocenters. The normalized spacial score (nSPS) is 10.9. The zero-order valence-electron chi connectivity index (χ0n) is 13.7. The van der Waals surface area contributed by atoms with Crippen molar-refractivity contribution in [2.45, 2.75) is 13.0 Å². The van der Waals surface area contributed by atoms with Crippen LogP contribution in [0.2, 0.25) is 0 Å². The third-order valence-corrected chi connectivity index (χ3v) is 4.45. The highest BCUT2D eigenvalue weighted by molar-refractivity contribution is 9.10. The first kappa shape index (κ1) is 17.5. The van der Waals surface area contributed by atoms with Gasteiger partial charge in [-0.15, -0.1) is 0 Å². The monoisotopic (exact) mass is 401 g/mol. The summed E-state index contributed by atoms with van der Waals surface area (Å²) in [5.41, 5.74) is 8.58. The van der Waals surface area contributed by atoms with Gasteiger partial charge in [0.05, 0.1) is 0 Å². The number of fused-ring (bicyclic) bond motifs is 1. The van der Waals surface area contributed by atoms with E-state index in [4.69, 9.17) is 10.5 Å². The van der Waals surface area contributed by atoms with Gasteiger partial charge < -0.3 is 20.8 Å². The van der Waals surface area contributed by atoms with E-state index < -0.39 is 5.91 Å². The van der Waals surface area contributed by atoms with Crippen molar-refractivity contribution in [1.29, 1.82) is 0 Å². The molecule has 0 atom stereocenters. The minimum absolute atomic E-state index is 0.121. The number of carbonyl (C=O) groups excluding carboxylic acids is 1. The van der Waals surface area contributed by atoms with Gasteiger partial charge in [0.25, 0.3) is 5.91 Å². The largest absolute Gasteiger partial charge is 0.483 e. The molecule has 3 rings (SSSR count). The molecule has 2 aromatic carbocycles. The van der Waals surface area contributed by atoms with Crippen molar-refractivity contribution in [3.05, 3.63) is 64.3 Å². The summed E-state index contributed by atoms with van der Waals surface area (Å²) >= 11 is 3.46. The van der Waals surface area contributed by atoms with E-state index in [1.807, 2.05) is 24.3 Å². The number of hydrogen-bond donors (Lipinski definition) is 3. The van der Waals surface area contributed by atoms with Gasteiger partial charge in [0, 0.05) is 33.7 Å². The number of amides is 1. The van der Waals surface area contributed by atoms with Crippen molar-refractivity contribution in [2.75, 3.05) is 13.2 Å². The zero-order valence-corrected chi connectivity index (χ0v) is 15.3. The van der Waals surface area contributed by atoms with Crippen LogP contribution < -0.4 is 15.8 Å². The minimum Gasteiger partial charge on any atom is -0.483 e. The van der Waals surface area contributed by atoms with Crippen molar-refractivity contribution in [2.24, 2.45) is 5.73 Å². The number of ether oxygens (including phenoxy) is 1. The fraction of sp³-hybridized carbons (Fsp3) is 0.211. The van der Waals surface area contributed by atoms with Gasteiger partial charge in [-0.25, -0.2) is 0 Å². The van der Waals surface area contributed by atoms with Crippen LogP contribution in [-0.4, -0.2) is 24.0 Å². The van der Waals surface area contributed by atoms with E-state index >= 15 is 0 Å². The molecule has 0 spiro atoms. The number of H-pyrrole nitrogens is 1. The lowest BCUT2D eigenvalue weighted by atomic mass is 10.1. The molecule has 1 amide bonds. The summed E-state index contributed by atoms with van der Waals surface area (Å²) in [4.78, 5) is 14.2. The number of rotatable bonds is 8. The Labute approximate surface area is 154 Å². The van der Waals surface area contributed by atoms with Crippen molar-refractivity contribution in [3.63, 3.8) is 0 Å². The number of aromatic nitrogens is 1. The lowest BCUT2D eigenvalue weighted by molar-refractivity contribution is -0.119. The van der Waals surface area contributed by atoms with Crippen LogP contribution in [-0.2, 0) is 17.8 Å². The Morgan fingerprint density at radius 1 is 1.20 bits per heavy atom. The third kappa shape index (κ3) is 4.61. The number of carbonyl (C=O) groups is 1. The van der Waals surface area contributed by atoms with Gasteiger partial charge in [-0.3, -0.25) is 4.79 Å². The number of para-hydroxylation sites is 1. The molecule has 0 aliphatic carbocycles. The molecule has 25 heavy (non-hydrogen) atoms. The molecular formula is C19H20BrN3O2. The Morgan fingerprint density at radius 2 is 2.04 bits per heavy atom. The fourth-order valence-corrected chi connectivity index (χ4v) is 3.17. The highest BCUT2D eigenvalue weighted by atomic mass is 79.9. The highest BCUT2D eigenvalue weighted by Gasteiger charge is 2.07. The van der Waals surface area contributed by atoms with E-state index in [-0.39, 0.29) is 6.61 Å². The quantitative estimate of drug-likeness (QED) is 0.507. The Balaban J connectivity index is 1.58. The maximum atomic E-state index is 10.9. The van der Waals surface area contributed by atoms with Crippen LogP contribution in [0, 0.1) is 0 Å². The number of halogens is 1. The fourth-order valence-electron chi connectivity index (χ4n) is 2.76. The van der Waals surface area contributed by atoms with Gasteiger partial charge in [-0.1, -0.05) is 34.1 Å². The van der Waals surface area contributed by atoms with Crippen LogP contribution in [0.15, 0.2) is 53.1 Å². The number of aromatic amines is 1. The van der Waals surface area contributed by atoms with Crippen LogP contribution in [0.5, 0.6) is 5.75 Å². The molecule has 1 heterocycles. The number of nitrogens with one attached hydrogen (secondary N) is 2. The van der Waals surface area contributed by atoms with Crippen molar-refractivity contribution >= 4 is 32.7 Å². The molecule has 0 aliphatic heterocycles. The molecule has 6 heteroatoms. The van der Waals surface area contributed by atoms with Crippen LogP contribution in [0.3, 0.4) is 0 Å². The Hall–Kier alpha value is -2.31. The van der Waals surface area contributed by atoms with Gasteiger partial charge in [0.15, 0.2) is 6.61 Å². The molecule has 0 fully saturated rings. The number of benzene rings is 2. The summed E-state index contributed by atoms with van der Waals surface area (Å²) in [6.07, 6.45) is 2.99. The maximum absolute atomic E-state index is 10.9. The van der Waals surface area contributed by atoms with E-state index in [0.29, 0.717) is 12.3 Å². The summed E-state index contributed by atoms with van der Waals surface area (Å²) in [6.45, 7) is 1.36. The van der Waals surface area contributed by atoms with Gasteiger partial charge in [0.2, 0.25) is 0 Å². The van der Waals surface area contributed by atoms with Gasteiger partial charge in [0.1, 0.15) is 5.75 Å². The Morgan fingerprint density at radius 3 is 2.88 bits per heavy atom. The second-order valence-electron chi connectivity index (χ2n) is 5.79. The standard InChI is InChI=1S/C19H20BrN3O2/c20-15-5-6-18(25-12-19(21)24)14(9-15)10-22-8-7-13-11-23-17-4-2-1-3-16(13)17/h1-6,9,11,22-23H,7-8,10,12H2,(H2,21,24). The minimum atomic E-state index is -0.485. The zero-order chi connectivity index (χ0) is 17.6. The average molecular weight is 402 g/mol. The SMILES string of the molecule is NC(=O)COc1ccc(Br)cc1CNCCc1c[nH]c2ccccc12. The van der Waals surface area contributed by atoms with Crippen molar-refractivity contribution in [1.82, 2.24) is 10.3 Å². The Bertz CT molecular complexity index is 876. The van der Waals surface area contributed by atoms with Crippen LogP contribution >= 0.6 is 15.9 Å².